The van der Waals surface area contributed by atoms with Gasteiger partial charge in [-0.05, 0) is 17.0 Å². The van der Waals surface area contributed by atoms with Gasteiger partial charge in [-0.3, -0.25) is 19.8 Å². The first-order valence-corrected chi connectivity index (χ1v) is 6.54. The number of hydrazine groups is 1. The highest BCUT2D eigenvalue weighted by Gasteiger charge is 2.30. The molecule has 0 bridgehead atoms. The van der Waals surface area contributed by atoms with E-state index in [1.807, 2.05) is 0 Å². The van der Waals surface area contributed by atoms with E-state index in [1.165, 1.54) is 21.1 Å². The summed E-state index contributed by atoms with van der Waals surface area (Å²) in [6.45, 7) is 1.19. The number of carbonyl (C=O) groups excluding carboxylic acids is 3. The Morgan fingerprint density at radius 1 is 1.42 bits per heavy atom. The topological polar surface area (TPSA) is 95.7 Å². The van der Waals surface area contributed by atoms with Crippen LogP contribution in [0.1, 0.15) is 15.2 Å². The number of hydrogen-bond acceptors (Lipinski definition) is 5. The highest BCUT2D eigenvalue weighted by atomic mass is 32.1. The summed E-state index contributed by atoms with van der Waals surface area (Å²) in [6, 6.07) is 1.76. The fourth-order valence-electron chi connectivity index (χ4n) is 1.85. The summed E-state index contributed by atoms with van der Waals surface area (Å²) >= 11 is 1.25. The number of likely N-dealkylation sites (N-methyl/N-ethyl adjacent to an activating group) is 1. The molecule has 1 fully saturated rings. The Labute approximate surface area is 113 Å². The maximum atomic E-state index is 11.8. The molecule has 0 saturated carbocycles. The first-order valence-electron chi connectivity index (χ1n) is 5.66. The molecule has 1 aliphatic rings. The molecule has 1 aliphatic heterocycles. The van der Waals surface area contributed by atoms with E-state index in [4.69, 9.17) is 5.84 Å². The summed E-state index contributed by atoms with van der Waals surface area (Å²) in [4.78, 5) is 38.2. The molecule has 8 heteroatoms. The third-order valence-corrected chi connectivity index (χ3v) is 3.92. The minimum atomic E-state index is -0.543. The molecule has 0 aliphatic carbocycles. The SMILES string of the molecule is CN1CCN(Cc2ccsc2C(=O)NN)C(=O)C1=O. The second-order valence-corrected chi connectivity index (χ2v) is 5.12. The molecule has 19 heavy (non-hydrogen) atoms. The van der Waals surface area contributed by atoms with Gasteiger partial charge in [0.15, 0.2) is 0 Å². The fourth-order valence-corrected chi connectivity index (χ4v) is 2.67. The van der Waals surface area contributed by atoms with E-state index in [9.17, 15) is 14.4 Å². The number of nitrogens with two attached hydrogens (primary N) is 1. The van der Waals surface area contributed by atoms with E-state index in [0.717, 1.165) is 0 Å². The lowest BCUT2D eigenvalue weighted by molar-refractivity contribution is -0.155. The van der Waals surface area contributed by atoms with Crippen molar-refractivity contribution < 1.29 is 14.4 Å². The lowest BCUT2D eigenvalue weighted by Gasteiger charge is -2.31. The van der Waals surface area contributed by atoms with Gasteiger partial charge in [-0.15, -0.1) is 11.3 Å². The van der Waals surface area contributed by atoms with Crippen LogP contribution in [0.4, 0.5) is 0 Å². The lowest BCUT2D eigenvalue weighted by atomic mass is 10.2. The van der Waals surface area contributed by atoms with Gasteiger partial charge in [0.25, 0.3) is 5.91 Å². The number of thiophene rings is 1. The second kappa shape index (κ2) is 5.37. The molecule has 102 valence electrons. The number of nitrogen functional groups attached to an aromatic ring is 1. The molecular weight excluding hydrogens is 268 g/mol. The normalized spacial score (nSPS) is 15.9. The Morgan fingerprint density at radius 3 is 2.84 bits per heavy atom. The van der Waals surface area contributed by atoms with E-state index in [0.29, 0.717) is 23.5 Å². The zero-order valence-corrected chi connectivity index (χ0v) is 11.2. The minimum Gasteiger partial charge on any atom is -0.336 e. The molecule has 0 unspecified atom stereocenters. The summed E-state index contributed by atoms with van der Waals surface area (Å²) in [7, 11) is 1.59. The Morgan fingerprint density at radius 2 is 2.16 bits per heavy atom. The smallest absolute Gasteiger partial charge is 0.312 e. The average molecular weight is 282 g/mol. The fraction of sp³-hybridized carbons (Fsp3) is 0.364. The van der Waals surface area contributed by atoms with Crippen LogP contribution in [0.2, 0.25) is 0 Å². The second-order valence-electron chi connectivity index (χ2n) is 4.20. The molecule has 0 spiro atoms. The van der Waals surface area contributed by atoms with Crippen LogP contribution >= 0.6 is 11.3 Å². The van der Waals surface area contributed by atoms with Crippen molar-refractivity contribution >= 4 is 29.1 Å². The van der Waals surface area contributed by atoms with Gasteiger partial charge >= 0.3 is 11.8 Å². The number of rotatable bonds is 3. The molecule has 2 rings (SSSR count). The standard InChI is InChI=1S/C11H14N4O3S/c1-14-3-4-15(11(18)10(14)17)6-7-2-5-19-8(7)9(16)13-12/h2,5H,3-4,6,12H2,1H3,(H,13,16). The molecule has 0 radical (unpaired) electrons. The molecule has 1 aromatic rings. The summed E-state index contributed by atoms with van der Waals surface area (Å²) in [5.74, 6) is 3.64. The van der Waals surface area contributed by atoms with Crippen LogP contribution in [-0.4, -0.2) is 47.7 Å². The Hall–Kier alpha value is -1.93. The highest BCUT2D eigenvalue weighted by Crippen LogP contribution is 2.19. The molecule has 1 aromatic heterocycles. The van der Waals surface area contributed by atoms with E-state index >= 15 is 0 Å². The number of piperazine rings is 1. The molecule has 7 nitrogen and oxygen atoms in total. The third kappa shape index (κ3) is 2.59. The quantitative estimate of drug-likeness (QED) is 0.327. The molecule has 3 amide bonds. The van der Waals surface area contributed by atoms with Crippen LogP contribution < -0.4 is 11.3 Å². The van der Waals surface area contributed by atoms with Crippen molar-refractivity contribution in [1.82, 2.24) is 15.2 Å². The minimum absolute atomic E-state index is 0.241. The van der Waals surface area contributed by atoms with E-state index < -0.39 is 17.7 Å². The predicted octanol–water partition coefficient (Wildman–Crippen LogP) is -0.848. The van der Waals surface area contributed by atoms with Crippen LogP contribution in [0.3, 0.4) is 0 Å². The van der Waals surface area contributed by atoms with E-state index in [2.05, 4.69) is 5.43 Å². The van der Waals surface area contributed by atoms with Crippen molar-refractivity contribution in [3.05, 3.63) is 21.9 Å². The maximum absolute atomic E-state index is 11.8. The van der Waals surface area contributed by atoms with E-state index in [1.54, 1.807) is 18.5 Å². The van der Waals surface area contributed by atoms with Crippen molar-refractivity contribution in [2.24, 2.45) is 5.84 Å². The van der Waals surface area contributed by atoms with Crippen molar-refractivity contribution in [2.45, 2.75) is 6.54 Å². The van der Waals surface area contributed by atoms with E-state index in [-0.39, 0.29) is 6.54 Å². The Kier molecular flexibility index (Phi) is 3.82. The molecule has 1 saturated heterocycles. The average Bonchev–Trinajstić information content (AvgIpc) is 2.87. The third-order valence-electron chi connectivity index (χ3n) is 2.97. The highest BCUT2D eigenvalue weighted by molar-refractivity contribution is 7.12. The van der Waals surface area contributed by atoms with Gasteiger partial charge in [0.05, 0.1) is 4.88 Å². The maximum Gasteiger partial charge on any atom is 0.312 e. The first kappa shape index (κ1) is 13.5. The largest absolute Gasteiger partial charge is 0.336 e. The molecule has 0 atom stereocenters. The number of hydrogen-bond donors (Lipinski definition) is 2. The lowest BCUT2D eigenvalue weighted by Crippen LogP contribution is -2.52. The molecule has 2 heterocycles. The zero-order valence-electron chi connectivity index (χ0n) is 10.4. The molecular formula is C11H14N4O3S. The first-order chi connectivity index (χ1) is 9.04. The van der Waals surface area contributed by atoms with Crippen LogP contribution in [-0.2, 0) is 16.1 Å². The van der Waals surface area contributed by atoms with Crippen LogP contribution in [0.15, 0.2) is 11.4 Å². The zero-order chi connectivity index (χ0) is 14.0. The summed E-state index contributed by atoms with van der Waals surface area (Å²) in [5, 5.41) is 1.75. The Balaban J connectivity index is 2.14. The predicted molar refractivity (Wildman–Crippen MR) is 69.0 cm³/mol. The van der Waals surface area contributed by atoms with Gasteiger partial charge in [0, 0.05) is 26.7 Å². The summed E-state index contributed by atoms with van der Waals surface area (Å²) in [6.07, 6.45) is 0. The molecule has 0 aromatic carbocycles. The molecule has 3 N–H and O–H groups in total. The van der Waals surface area contributed by atoms with Gasteiger partial charge in [0.1, 0.15) is 0 Å². The van der Waals surface area contributed by atoms with Gasteiger partial charge in [-0.25, -0.2) is 5.84 Å². The van der Waals surface area contributed by atoms with Gasteiger partial charge in [0.2, 0.25) is 0 Å². The van der Waals surface area contributed by atoms with Crippen LogP contribution in [0.5, 0.6) is 0 Å². The number of amides is 3. The van der Waals surface area contributed by atoms with Crippen molar-refractivity contribution in [2.75, 3.05) is 20.1 Å². The summed E-state index contributed by atoms with van der Waals surface area (Å²) in [5.41, 5.74) is 2.76. The summed E-state index contributed by atoms with van der Waals surface area (Å²) < 4.78 is 0. The number of carbonyl (C=O) groups is 3. The number of nitrogens with one attached hydrogen (secondary N) is 1. The van der Waals surface area contributed by atoms with Gasteiger partial charge in [-0.2, -0.15) is 0 Å². The number of nitrogens with zero attached hydrogens (tertiary/aromatic N) is 2. The Bertz CT molecular complexity index is 528. The van der Waals surface area contributed by atoms with Crippen molar-refractivity contribution in [3.63, 3.8) is 0 Å². The monoisotopic (exact) mass is 282 g/mol. The van der Waals surface area contributed by atoms with Crippen LogP contribution in [0, 0.1) is 0 Å². The van der Waals surface area contributed by atoms with Gasteiger partial charge < -0.3 is 9.80 Å². The van der Waals surface area contributed by atoms with Crippen molar-refractivity contribution in [3.8, 4) is 0 Å². The van der Waals surface area contributed by atoms with Crippen molar-refractivity contribution in [1.29, 1.82) is 0 Å². The van der Waals surface area contributed by atoms with Gasteiger partial charge in [-0.1, -0.05) is 0 Å². The van der Waals surface area contributed by atoms with Crippen LogP contribution in [0.25, 0.3) is 0 Å².